The molecule has 2 aromatic rings. The van der Waals surface area contributed by atoms with Crippen molar-refractivity contribution in [1.29, 1.82) is 0 Å². The van der Waals surface area contributed by atoms with Crippen LogP contribution in [0, 0.1) is 13.8 Å². The van der Waals surface area contributed by atoms with Gasteiger partial charge < -0.3 is 9.84 Å². The van der Waals surface area contributed by atoms with E-state index in [1.165, 1.54) is 17.6 Å². The lowest BCUT2D eigenvalue weighted by Crippen LogP contribution is -2.30. The Kier molecular flexibility index (Phi) is 6.62. The Morgan fingerprint density at radius 3 is 2.44 bits per heavy atom. The molecule has 7 heteroatoms. The second-order valence-corrected chi connectivity index (χ2v) is 8.07. The molecular weight excluding hydrogens is 364 g/mol. The molecular formula is C20H26N2O4S. The molecule has 2 aromatic carbocycles. The maximum absolute atomic E-state index is 12.8. The van der Waals surface area contributed by atoms with Gasteiger partial charge in [0, 0.05) is 24.9 Å². The number of aryl methyl sites for hydroxylation is 1. The molecule has 0 aliphatic carbocycles. The van der Waals surface area contributed by atoms with E-state index in [-0.39, 0.29) is 10.6 Å². The highest BCUT2D eigenvalue weighted by atomic mass is 32.2. The zero-order valence-electron chi connectivity index (χ0n) is 16.4. The standard InChI is InChI=1S/C20H26N2O4S/c1-6-22(7-2)27(24,25)17-11-14(3)15(4)18(12-17)21-13-16-9-8-10-19(26-5)20(16)23/h8-13,23H,6-7H2,1-5H3. The fourth-order valence-electron chi connectivity index (χ4n) is 2.75. The highest BCUT2D eigenvalue weighted by molar-refractivity contribution is 7.89. The molecule has 0 fully saturated rings. The zero-order valence-corrected chi connectivity index (χ0v) is 17.2. The monoisotopic (exact) mass is 390 g/mol. The number of aromatic hydroxyl groups is 1. The molecule has 0 radical (unpaired) electrons. The third kappa shape index (κ3) is 4.31. The molecule has 0 bridgehead atoms. The second-order valence-electron chi connectivity index (χ2n) is 6.13. The number of hydrogen-bond donors (Lipinski definition) is 1. The normalized spacial score (nSPS) is 12.1. The van der Waals surface area contributed by atoms with Crippen LogP contribution in [-0.2, 0) is 10.0 Å². The van der Waals surface area contributed by atoms with Gasteiger partial charge in [-0.2, -0.15) is 4.31 Å². The summed E-state index contributed by atoms with van der Waals surface area (Å²) < 4.78 is 32.2. The first-order chi connectivity index (χ1) is 12.8. The maximum Gasteiger partial charge on any atom is 0.243 e. The van der Waals surface area contributed by atoms with Crippen molar-refractivity contribution in [2.45, 2.75) is 32.6 Å². The van der Waals surface area contributed by atoms with Gasteiger partial charge in [0.15, 0.2) is 11.5 Å². The first-order valence-corrected chi connectivity index (χ1v) is 10.2. The van der Waals surface area contributed by atoms with Gasteiger partial charge in [0.25, 0.3) is 0 Å². The van der Waals surface area contributed by atoms with Crippen molar-refractivity contribution < 1.29 is 18.3 Å². The molecule has 0 amide bonds. The lowest BCUT2D eigenvalue weighted by atomic mass is 10.1. The first kappa shape index (κ1) is 20.9. The van der Waals surface area contributed by atoms with Crippen LogP contribution < -0.4 is 4.74 Å². The van der Waals surface area contributed by atoms with E-state index < -0.39 is 10.0 Å². The molecule has 1 N–H and O–H groups in total. The third-order valence-corrected chi connectivity index (χ3v) is 6.58. The van der Waals surface area contributed by atoms with Gasteiger partial charge in [0.2, 0.25) is 10.0 Å². The number of ether oxygens (including phenoxy) is 1. The van der Waals surface area contributed by atoms with Crippen LogP contribution >= 0.6 is 0 Å². The van der Waals surface area contributed by atoms with Crippen LogP contribution in [0.1, 0.15) is 30.5 Å². The van der Waals surface area contributed by atoms with Gasteiger partial charge in [-0.1, -0.05) is 19.9 Å². The molecule has 0 saturated heterocycles. The van der Waals surface area contributed by atoms with Gasteiger partial charge in [-0.05, 0) is 49.2 Å². The molecule has 0 aliphatic heterocycles. The van der Waals surface area contributed by atoms with Crippen LogP contribution in [0.15, 0.2) is 40.2 Å². The Hall–Kier alpha value is -2.38. The molecule has 27 heavy (non-hydrogen) atoms. The summed E-state index contributed by atoms with van der Waals surface area (Å²) in [7, 11) is -2.10. The van der Waals surface area contributed by atoms with Gasteiger partial charge in [0.1, 0.15) is 0 Å². The molecule has 0 unspecified atom stereocenters. The van der Waals surface area contributed by atoms with E-state index >= 15 is 0 Å². The number of nitrogens with zero attached hydrogens (tertiary/aromatic N) is 2. The summed E-state index contributed by atoms with van der Waals surface area (Å²) in [6.07, 6.45) is 1.51. The average Bonchev–Trinajstić information content (AvgIpc) is 2.64. The minimum absolute atomic E-state index is 0.00922. The highest BCUT2D eigenvalue weighted by Gasteiger charge is 2.23. The van der Waals surface area contributed by atoms with Gasteiger partial charge in [-0.15, -0.1) is 0 Å². The number of sulfonamides is 1. The van der Waals surface area contributed by atoms with Crippen molar-refractivity contribution in [2.24, 2.45) is 4.99 Å². The molecule has 0 aromatic heterocycles. The summed E-state index contributed by atoms with van der Waals surface area (Å²) in [5.74, 6) is 0.342. The average molecular weight is 391 g/mol. The van der Waals surface area contributed by atoms with Crippen LogP contribution in [0.5, 0.6) is 11.5 Å². The van der Waals surface area contributed by atoms with E-state index in [0.717, 1.165) is 11.1 Å². The third-order valence-electron chi connectivity index (χ3n) is 4.55. The molecule has 0 spiro atoms. The van der Waals surface area contributed by atoms with Crippen LogP contribution in [0.4, 0.5) is 5.69 Å². The van der Waals surface area contributed by atoms with E-state index in [4.69, 9.17) is 4.74 Å². The summed E-state index contributed by atoms with van der Waals surface area (Å²) in [6.45, 7) is 8.18. The molecule has 0 atom stereocenters. The molecule has 0 saturated carbocycles. The van der Waals surface area contributed by atoms with E-state index in [2.05, 4.69) is 4.99 Å². The fraction of sp³-hybridized carbons (Fsp3) is 0.350. The van der Waals surface area contributed by atoms with E-state index in [1.807, 2.05) is 27.7 Å². The minimum atomic E-state index is -3.57. The van der Waals surface area contributed by atoms with Crippen molar-refractivity contribution in [1.82, 2.24) is 4.31 Å². The largest absolute Gasteiger partial charge is 0.504 e. The predicted molar refractivity (Wildman–Crippen MR) is 108 cm³/mol. The SMILES string of the molecule is CCN(CC)S(=O)(=O)c1cc(C)c(C)c(N=Cc2cccc(OC)c2O)c1. The number of aliphatic imine (C=N–C) groups is 1. The molecule has 146 valence electrons. The van der Waals surface area contributed by atoms with E-state index in [9.17, 15) is 13.5 Å². The predicted octanol–water partition coefficient (Wildman–Crippen LogP) is 3.80. The van der Waals surface area contributed by atoms with Crippen molar-refractivity contribution in [2.75, 3.05) is 20.2 Å². The Morgan fingerprint density at radius 2 is 1.85 bits per heavy atom. The second kappa shape index (κ2) is 8.54. The Labute approximate surface area is 161 Å². The lowest BCUT2D eigenvalue weighted by molar-refractivity contribution is 0.373. The van der Waals surface area contributed by atoms with Crippen molar-refractivity contribution in [3.8, 4) is 11.5 Å². The van der Waals surface area contributed by atoms with E-state index in [0.29, 0.717) is 30.1 Å². The number of phenolic OH excluding ortho intramolecular Hbond substituents is 1. The number of phenols is 1. The van der Waals surface area contributed by atoms with Crippen molar-refractivity contribution in [3.63, 3.8) is 0 Å². The Balaban J connectivity index is 2.51. The van der Waals surface area contributed by atoms with Crippen molar-refractivity contribution in [3.05, 3.63) is 47.0 Å². The van der Waals surface area contributed by atoms with Gasteiger partial charge in [0.05, 0.1) is 17.7 Å². The summed E-state index contributed by atoms with van der Waals surface area (Å²) in [6, 6.07) is 8.35. The molecule has 6 nitrogen and oxygen atoms in total. The number of benzene rings is 2. The summed E-state index contributed by atoms with van der Waals surface area (Å²) in [4.78, 5) is 4.65. The number of para-hydroxylation sites is 1. The van der Waals surface area contributed by atoms with Gasteiger partial charge in [-0.25, -0.2) is 8.42 Å². The zero-order chi connectivity index (χ0) is 20.2. The van der Waals surface area contributed by atoms with E-state index in [1.54, 1.807) is 30.3 Å². The summed E-state index contributed by atoms with van der Waals surface area (Å²) in [5.41, 5.74) is 2.75. The van der Waals surface area contributed by atoms with Gasteiger partial charge >= 0.3 is 0 Å². The fourth-order valence-corrected chi connectivity index (χ4v) is 4.32. The lowest BCUT2D eigenvalue weighted by Gasteiger charge is -2.19. The topological polar surface area (TPSA) is 79.2 Å². The van der Waals surface area contributed by atoms with Crippen LogP contribution in [0.25, 0.3) is 0 Å². The number of methoxy groups -OCH3 is 1. The molecule has 2 rings (SSSR count). The maximum atomic E-state index is 12.8. The Bertz CT molecular complexity index is 949. The quantitative estimate of drug-likeness (QED) is 0.730. The smallest absolute Gasteiger partial charge is 0.243 e. The van der Waals surface area contributed by atoms with Crippen molar-refractivity contribution >= 4 is 21.9 Å². The van der Waals surface area contributed by atoms with Crippen LogP contribution in [0.2, 0.25) is 0 Å². The number of hydrogen-bond acceptors (Lipinski definition) is 5. The van der Waals surface area contributed by atoms with Crippen LogP contribution in [-0.4, -0.2) is 44.2 Å². The summed E-state index contributed by atoms with van der Waals surface area (Å²) in [5, 5.41) is 10.2. The Morgan fingerprint density at radius 1 is 1.19 bits per heavy atom. The number of rotatable bonds is 7. The molecule has 0 heterocycles. The van der Waals surface area contributed by atoms with Crippen LogP contribution in [0.3, 0.4) is 0 Å². The first-order valence-electron chi connectivity index (χ1n) is 8.77. The van der Waals surface area contributed by atoms with Gasteiger partial charge in [-0.3, -0.25) is 4.99 Å². The highest BCUT2D eigenvalue weighted by Crippen LogP contribution is 2.31. The summed E-state index contributed by atoms with van der Waals surface area (Å²) >= 11 is 0. The minimum Gasteiger partial charge on any atom is -0.504 e. The molecule has 0 aliphatic rings.